The summed E-state index contributed by atoms with van der Waals surface area (Å²) in [5.74, 6) is 0. The zero-order valence-corrected chi connectivity index (χ0v) is 6.67. The SMILES string of the molecule is O=c1[nH]c(B(O)O)ccc1C(F)(F)F. The number of pyridine rings is 1. The van der Waals surface area contributed by atoms with Crippen molar-refractivity contribution < 1.29 is 23.2 Å². The summed E-state index contributed by atoms with van der Waals surface area (Å²) < 4.78 is 36.1. The van der Waals surface area contributed by atoms with Crippen LogP contribution in [0.25, 0.3) is 0 Å². The number of aromatic nitrogens is 1. The van der Waals surface area contributed by atoms with Crippen LogP contribution in [0.5, 0.6) is 0 Å². The maximum atomic E-state index is 12.0. The first-order valence-corrected chi connectivity index (χ1v) is 3.49. The molecule has 0 spiro atoms. The molecule has 0 aliphatic heterocycles. The summed E-state index contributed by atoms with van der Waals surface area (Å²) in [4.78, 5) is 12.5. The van der Waals surface area contributed by atoms with Crippen molar-refractivity contribution in [3.8, 4) is 0 Å². The third-order valence-corrected chi connectivity index (χ3v) is 1.52. The lowest BCUT2D eigenvalue weighted by molar-refractivity contribution is -0.138. The van der Waals surface area contributed by atoms with Crippen molar-refractivity contribution in [2.45, 2.75) is 6.18 Å². The van der Waals surface area contributed by atoms with Crippen LogP contribution in [0.15, 0.2) is 16.9 Å². The minimum absolute atomic E-state index is 0.386. The number of halogens is 3. The fraction of sp³-hybridized carbons (Fsp3) is 0.167. The van der Waals surface area contributed by atoms with Crippen molar-refractivity contribution in [3.63, 3.8) is 0 Å². The second-order valence-corrected chi connectivity index (χ2v) is 2.53. The maximum Gasteiger partial charge on any atom is 0.505 e. The third kappa shape index (κ3) is 2.15. The number of alkyl halides is 3. The van der Waals surface area contributed by atoms with Crippen LogP contribution in [0.4, 0.5) is 13.2 Å². The van der Waals surface area contributed by atoms with Crippen LogP contribution in [-0.2, 0) is 6.18 Å². The fourth-order valence-corrected chi connectivity index (χ4v) is 0.863. The molecule has 0 aliphatic rings. The molecule has 0 bridgehead atoms. The molecule has 1 heterocycles. The van der Waals surface area contributed by atoms with Crippen molar-refractivity contribution in [1.29, 1.82) is 0 Å². The molecule has 0 amide bonds. The Morgan fingerprint density at radius 2 is 1.86 bits per heavy atom. The molecule has 3 N–H and O–H groups in total. The normalized spacial score (nSPS) is 11.5. The highest BCUT2D eigenvalue weighted by Crippen LogP contribution is 2.25. The predicted octanol–water partition coefficient (Wildman–Crippen LogP) is -0.926. The van der Waals surface area contributed by atoms with Gasteiger partial charge in [-0.1, -0.05) is 0 Å². The fourth-order valence-electron chi connectivity index (χ4n) is 0.863. The van der Waals surface area contributed by atoms with Crippen molar-refractivity contribution >= 4 is 12.7 Å². The van der Waals surface area contributed by atoms with Gasteiger partial charge in [0.2, 0.25) is 0 Å². The highest BCUT2D eigenvalue weighted by atomic mass is 19.4. The van der Waals surface area contributed by atoms with Crippen LogP contribution in [0.1, 0.15) is 5.56 Å². The summed E-state index contributed by atoms with van der Waals surface area (Å²) in [7, 11) is -2.00. The zero-order valence-electron chi connectivity index (χ0n) is 6.67. The molecule has 14 heavy (non-hydrogen) atoms. The van der Waals surface area contributed by atoms with E-state index in [-0.39, 0.29) is 5.59 Å². The standard InChI is InChI=1S/C6H5BF3NO3/c8-6(9,10)3-1-2-4(7(13)14)11-5(3)12/h1-2,13-14H,(H,11,12). The summed E-state index contributed by atoms with van der Waals surface area (Å²) >= 11 is 0. The summed E-state index contributed by atoms with van der Waals surface area (Å²) in [6, 6.07) is 1.28. The highest BCUT2D eigenvalue weighted by Gasteiger charge is 2.34. The highest BCUT2D eigenvalue weighted by molar-refractivity contribution is 6.57. The van der Waals surface area contributed by atoms with E-state index >= 15 is 0 Å². The van der Waals surface area contributed by atoms with E-state index in [0.29, 0.717) is 6.07 Å². The molecule has 4 nitrogen and oxygen atoms in total. The molecule has 0 saturated heterocycles. The van der Waals surface area contributed by atoms with Gasteiger partial charge in [0.25, 0.3) is 5.56 Å². The topological polar surface area (TPSA) is 73.3 Å². The van der Waals surface area contributed by atoms with E-state index in [0.717, 1.165) is 6.07 Å². The van der Waals surface area contributed by atoms with E-state index < -0.39 is 24.4 Å². The molecule has 1 aromatic rings. The minimum atomic E-state index is -4.74. The van der Waals surface area contributed by atoms with E-state index in [1.165, 1.54) is 0 Å². The van der Waals surface area contributed by atoms with Gasteiger partial charge in [0.15, 0.2) is 0 Å². The van der Waals surface area contributed by atoms with Gasteiger partial charge in [-0.25, -0.2) is 0 Å². The van der Waals surface area contributed by atoms with Gasteiger partial charge < -0.3 is 15.0 Å². The van der Waals surface area contributed by atoms with Crippen LogP contribution in [0.2, 0.25) is 0 Å². The monoisotopic (exact) mass is 207 g/mol. The first kappa shape index (κ1) is 10.8. The van der Waals surface area contributed by atoms with Gasteiger partial charge in [0.05, 0.1) is 0 Å². The Balaban J connectivity index is 3.22. The lowest BCUT2D eigenvalue weighted by Crippen LogP contribution is -2.38. The minimum Gasteiger partial charge on any atom is -0.422 e. The number of aromatic amines is 1. The molecule has 0 aromatic carbocycles. The Bertz CT molecular complexity index is 387. The Labute approximate surface area is 76.2 Å². The Morgan fingerprint density at radius 1 is 1.29 bits per heavy atom. The molecule has 0 saturated carbocycles. The molecule has 0 atom stereocenters. The molecule has 1 rings (SSSR count). The van der Waals surface area contributed by atoms with E-state index in [2.05, 4.69) is 0 Å². The van der Waals surface area contributed by atoms with E-state index in [4.69, 9.17) is 10.0 Å². The van der Waals surface area contributed by atoms with Crippen LogP contribution >= 0.6 is 0 Å². The van der Waals surface area contributed by atoms with E-state index in [9.17, 15) is 18.0 Å². The van der Waals surface area contributed by atoms with Crippen molar-refractivity contribution in [2.75, 3.05) is 0 Å². The van der Waals surface area contributed by atoms with Gasteiger partial charge in [0, 0.05) is 5.59 Å². The number of H-pyrrole nitrogens is 1. The average Bonchev–Trinajstić information content (AvgIpc) is 2.01. The van der Waals surface area contributed by atoms with Crippen LogP contribution in [-0.4, -0.2) is 22.2 Å². The molecular weight excluding hydrogens is 202 g/mol. The van der Waals surface area contributed by atoms with Crippen molar-refractivity contribution in [3.05, 3.63) is 28.0 Å². The molecule has 0 radical (unpaired) electrons. The smallest absolute Gasteiger partial charge is 0.422 e. The maximum absolute atomic E-state index is 12.0. The molecule has 1 aromatic heterocycles. The summed E-state index contributed by atoms with van der Waals surface area (Å²) in [6.07, 6.45) is -4.74. The molecule has 8 heteroatoms. The van der Waals surface area contributed by atoms with Crippen LogP contribution in [0.3, 0.4) is 0 Å². The van der Waals surface area contributed by atoms with Crippen molar-refractivity contribution in [2.24, 2.45) is 0 Å². The molecule has 0 unspecified atom stereocenters. The number of hydrogen-bond donors (Lipinski definition) is 3. The summed E-state index contributed by atoms with van der Waals surface area (Å²) in [5, 5.41) is 17.1. The van der Waals surface area contributed by atoms with E-state index in [1.54, 1.807) is 4.98 Å². The predicted molar refractivity (Wildman–Crippen MR) is 41.9 cm³/mol. The van der Waals surface area contributed by atoms with E-state index in [1.807, 2.05) is 0 Å². The van der Waals surface area contributed by atoms with Gasteiger partial charge in [-0.15, -0.1) is 0 Å². The zero-order chi connectivity index (χ0) is 10.9. The molecule has 76 valence electrons. The number of nitrogens with one attached hydrogen (secondary N) is 1. The van der Waals surface area contributed by atoms with Crippen LogP contribution in [0, 0.1) is 0 Å². The summed E-state index contributed by atoms with van der Waals surface area (Å²) in [6.45, 7) is 0. The summed E-state index contributed by atoms with van der Waals surface area (Å²) in [5.41, 5.74) is -3.16. The Morgan fingerprint density at radius 3 is 2.21 bits per heavy atom. The second-order valence-electron chi connectivity index (χ2n) is 2.53. The van der Waals surface area contributed by atoms with Gasteiger partial charge in [-0.3, -0.25) is 4.79 Å². The van der Waals surface area contributed by atoms with Gasteiger partial charge in [-0.2, -0.15) is 13.2 Å². The van der Waals surface area contributed by atoms with Gasteiger partial charge >= 0.3 is 13.3 Å². The number of rotatable bonds is 1. The lowest BCUT2D eigenvalue weighted by atomic mass is 9.85. The molecule has 0 fully saturated rings. The molecular formula is C6H5BF3NO3. The lowest BCUT2D eigenvalue weighted by Gasteiger charge is -2.06. The molecule has 0 aliphatic carbocycles. The third-order valence-electron chi connectivity index (χ3n) is 1.52. The first-order valence-electron chi connectivity index (χ1n) is 3.49. The second kappa shape index (κ2) is 3.47. The van der Waals surface area contributed by atoms with Crippen molar-refractivity contribution in [1.82, 2.24) is 4.98 Å². The average molecular weight is 207 g/mol. The Hall–Kier alpha value is -1.28. The Kier molecular flexibility index (Phi) is 2.67. The van der Waals surface area contributed by atoms with Gasteiger partial charge in [0.1, 0.15) is 5.56 Å². The first-order chi connectivity index (χ1) is 6.32. The van der Waals surface area contributed by atoms with Crippen LogP contribution < -0.4 is 11.2 Å². The largest absolute Gasteiger partial charge is 0.505 e. The number of hydrogen-bond acceptors (Lipinski definition) is 3. The quantitative estimate of drug-likeness (QED) is 0.521. The van der Waals surface area contributed by atoms with Gasteiger partial charge in [-0.05, 0) is 12.1 Å².